The molecule has 1 aromatic carbocycles. The quantitative estimate of drug-likeness (QED) is 0.901. The van der Waals surface area contributed by atoms with Crippen LogP contribution in [0.5, 0.6) is 0 Å². The van der Waals surface area contributed by atoms with Gasteiger partial charge in [0.05, 0.1) is 11.5 Å². The van der Waals surface area contributed by atoms with Crippen molar-refractivity contribution in [2.75, 3.05) is 13.1 Å². The number of halogens is 2. The summed E-state index contributed by atoms with van der Waals surface area (Å²) in [6.45, 7) is 0.929. The van der Waals surface area contributed by atoms with Gasteiger partial charge in [0, 0.05) is 22.6 Å². The Hall–Kier alpha value is -1.07. The molecular weight excluding hydrogens is 320 g/mol. The van der Waals surface area contributed by atoms with Crippen LogP contribution in [0.2, 0.25) is 5.02 Å². The van der Waals surface area contributed by atoms with Gasteiger partial charge in [0.15, 0.2) is 0 Å². The maximum Gasteiger partial charge on any atom is 0.255 e. The average molecular weight is 332 g/mol. The third kappa shape index (κ3) is 2.67. The molecule has 0 radical (unpaired) electrons. The first-order valence-electron chi connectivity index (χ1n) is 5.52. The molecule has 0 bridgehead atoms. The molecule has 2 rings (SSSR count). The van der Waals surface area contributed by atoms with E-state index in [-0.39, 0.29) is 17.7 Å². The number of nitrogens with zero attached hydrogens (tertiary/aromatic N) is 1. The second-order valence-electron chi connectivity index (χ2n) is 4.26. The van der Waals surface area contributed by atoms with Gasteiger partial charge in [0.25, 0.3) is 5.91 Å². The van der Waals surface area contributed by atoms with Crippen LogP contribution in [0, 0.1) is 5.92 Å². The highest BCUT2D eigenvalue weighted by Crippen LogP contribution is 2.25. The molecule has 18 heavy (non-hydrogen) atoms. The fraction of sp³-hybridized carbons (Fsp3) is 0.333. The van der Waals surface area contributed by atoms with E-state index in [0.717, 1.165) is 0 Å². The molecule has 0 aliphatic carbocycles. The lowest BCUT2D eigenvalue weighted by atomic mass is 10.1. The van der Waals surface area contributed by atoms with Crippen LogP contribution in [-0.4, -0.2) is 29.8 Å². The minimum absolute atomic E-state index is 0.131. The number of hydrogen-bond acceptors (Lipinski definition) is 2. The van der Waals surface area contributed by atoms with E-state index in [0.29, 0.717) is 34.6 Å². The van der Waals surface area contributed by atoms with Crippen LogP contribution in [0.4, 0.5) is 0 Å². The van der Waals surface area contributed by atoms with Gasteiger partial charge >= 0.3 is 0 Å². The van der Waals surface area contributed by atoms with Crippen LogP contribution in [0.3, 0.4) is 0 Å². The van der Waals surface area contributed by atoms with Crippen molar-refractivity contribution in [3.63, 3.8) is 0 Å². The SMILES string of the molecule is NC(=O)C1CCN(C(=O)c2cc(Cl)ccc2Br)C1. The van der Waals surface area contributed by atoms with Crippen LogP contribution in [0.15, 0.2) is 22.7 Å². The molecule has 1 atom stereocenters. The molecule has 4 nitrogen and oxygen atoms in total. The van der Waals surface area contributed by atoms with E-state index in [1.54, 1.807) is 23.1 Å². The van der Waals surface area contributed by atoms with E-state index in [4.69, 9.17) is 17.3 Å². The van der Waals surface area contributed by atoms with E-state index in [1.165, 1.54) is 0 Å². The van der Waals surface area contributed by atoms with Gasteiger partial charge in [-0.15, -0.1) is 0 Å². The van der Waals surface area contributed by atoms with E-state index < -0.39 is 0 Å². The van der Waals surface area contributed by atoms with E-state index in [9.17, 15) is 9.59 Å². The van der Waals surface area contributed by atoms with E-state index >= 15 is 0 Å². The Bertz CT molecular complexity index is 507. The summed E-state index contributed by atoms with van der Waals surface area (Å²) in [5.41, 5.74) is 5.75. The van der Waals surface area contributed by atoms with Crippen molar-refractivity contribution in [3.05, 3.63) is 33.3 Å². The van der Waals surface area contributed by atoms with E-state index in [1.807, 2.05) is 0 Å². The second-order valence-corrected chi connectivity index (χ2v) is 5.55. The number of carbonyl (C=O) groups excluding carboxylic acids is 2. The molecule has 0 spiro atoms. The summed E-state index contributed by atoms with van der Waals surface area (Å²) < 4.78 is 0.694. The highest BCUT2D eigenvalue weighted by atomic mass is 79.9. The van der Waals surface area contributed by atoms with Crippen molar-refractivity contribution >= 4 is 39.3 Å². The monoisotopic (exact) mass is 330 g/mol. The largest absolute Gasteiger partial charge is 0.369 e. The molecule has 1 unspecified atom stereocenters. The maximum atomic E-state index is 12.3. The zero-order chi connectivity index (χ0) is 13.3. The highest BCUT2D eigenvalue weighted by molar-refractivity contribution is 9.10. The third-order valence-corrected chi connectivity index (χ3v) is 3.96. The molecule has 96 valence electrons. The molecule has 0 saturated carbocycles. The van der Waals surface area contributed by atoms with Crippen molar-refractivity contribution in [1.29, 1.82) is 0 Å². The molecule has 1 saturated heterocycles. The zero-order valence-corrected chi connectivity index (χ0v) is 11.9. The molecule has 1 aliphatic heterocycles. The van der Waals surface area contributed by atoms with Crippen LogP contribution in [0.25, 0.3) is 0 Å². The number of hydrogen-bond donors (Lipinski definition) is 1. The topological polar surface area (TPSA) is 63.4 Å². The Balaban J connectivity index is 2.17. The van der Waals surface area contributed by atoms with E-state index in [2.05, 4.69) is 15.9 Å². The summed E-state index contributed by atoms with van der Waals surface area (Å²) in [5.74, 6) is -0.726. The minimum Gasteiger partial charge on any atom is -0.369 e. The fourth-order valence-corrected chi connectivity index (χ4v) is 2.60. The molecule has 1 heterocycles. The number of benzene rings is 1. The van der Waals surface area contributed by atoms with Crippen LogP contribution < -0.4 is 5.73 Å². The first-order valence-corrected chi connectivity index (χ1v) is 6.70. The smallest absolute Gasteiger partial charge is 0.255 e. The summed E-state index contributed by atoms with van der Waals surface area (Å²) in [6, 6.07) is 5.06. The molecule has 6 heteroatoms. The normalized spacial score (nSPS) is 19.0. The van der Waals surface area contributed by atoms with Crippen molar-refractivity contribution < 1.29 is 9.59 Å². The summed E-state index contributed by atoms with van der Waals surface area (Å²) in [6.07, 6.45) is 0.624. The fourth-order valence-electron chi connectivity index (χ4n) is 2.01. The minimum atomic E-state index is -0.351. The van der Waals surface area contributed by atoms with Crippen LogP contribution >= 0.6 is 27.5 Å². The Morgan fingerprint density at radius 3 is 2.78 bits per heavy atom. The van der Waals surface area contributed by atoms with Crippen molar-refractivity contribution in [2.45, 2.75) is 6.42 Å². The molecule has 1 aliphatic rings. The predicted molar refractivity (Wildman–Crippen MR) is 72.4 cm³/mol. The van der Waals surface area contributed by atoms with Crippen molar-refractivity contribution in [3.8, 4) is 0 Å². The summed E-state index contributed by atoms with van der Waals surface area (Å²) >= 11 is 9.21. The first-order chi connectivity index (χ1) is 8.49. The number of nitrogens with two attached hydrogens (primary N) is 1. The zero-order valence-electron chi connectivity index (χ0n) is 9.53. The molecule has 2 N–H and O–H groups in total. The molecular formula is C12H12BrClN2O2. The third-order valence-electron chi connectivity index (χ3n) is 3.04. The van der Waals surface area contributed by atoms with Crippen LogP contribution in [0.1, 0.15) is 16.8 Å². The lowest BCUT2D eigenvalue weighted by Gasteiger charge is -2.17. The number of rotatable bonds is 2. The molecule has 0 aromatic heterocycles. The predicted octanol–water partition coefficient (Wildman–Crippen LogP) is 2.05. The van der Waals surface area contributed by atoms with Gasteiger partial charge in [0.1, 0.15) is 0 Å². The van der Waals surface area contributed by atoms with Crippen molar-refractivity contribution in [1.82, 2.24) is 4.90 Å². The number of carbonyl (C=O) groups is 2. The standard InChI is InChI=1S/C12H12BrClN2O2/c13-10-2-1-8(14)5-9(10)12(18)16-4-3-7(6-16)11(15)17/h1-2,5,7H,3-4,6H2,(H2,15,17). The van der Waals surface area contributed by atoms with Gasteiger partial charge in [-0.2, -0.15) is 0 Å². The summed E-state index contributed by atoms with van der Waals surface area (Å²) in [5, 5.41) is 0.507. The van der Waals surface area contributed by atoms with Gasteiger partial charge in [-0.25, -0.2) is 0 Å². The summed E-state index contributed by atoms with van der Waals surface area (Å²) in [7, 11) is 0. The van der Waals surface area contributed by atoms with Gasteiger partial charge in [-0.1, -0.05) is 11.6 Å². The lowest BCUT2D eigenvalue weighted by Crippen LogP contribution is -2.31. The highest BCUT2D eigenvalue weighted by Gasteiger charge is 2.30. The van der Waals surface area contributed by atoms with Gasteiger partial charge in [-0.05, 0) is 40.5 Å². The molecule has 1 fully saturated rings. The first kappa shape index (κ1) is 13.4. The van der Waals surface area contributed by atoms with Gasteiger partial charge in [0.2, 0.25) is 5.91 Å². The summed E-state index contributed by atoms with van der Waals surface area (Å²) in [4.78, 5) is 25.0. The Morgan fingerprint density at radius 1 is 1.44 bits per heavy atom. The number of amides is 2. The Morgan fingerprint density at radius 2 is 2.17 bits per heavy atom. The van der Waals surface area contributed by atoms with Crippen molar-refractivity contribution in [2.24, 2.45) is 11.7 Å². The molecule has 1 aromatic rings. The van der Waals surface area contributed by atoms with Gasteiger partial charge in [-0.3, -0.25) is 9.59 Å². The second kappa shape index (κ2) is 5.28. The molecule has 2 amide bonds. The Kier molecular flexibility index (Phi) is 3.92. The Labute approximate surface area is 118 Å². The van der Waals surface area contributed by atoms with Gasteiger partial charge < -0.3 is 10.6 Å². The van der Waals surface area contributed by atoms with Crippen LogP contribution in [-0.2, 0) is 4.79 Å². The number of likely N-dealkylation sites (tertiary alicyclic amines) is 1. The number of primary amides is 1. The maximum absolute atomic E-state index is 12.3. The lowest BCUT2D eigenvalue weighted by molar-refractivity contribution is -0.121. The average Bonchev–Trinajstić information content (AvgIpc) is 2.81.